The van der Waals surface area contributed by atoms with Crippen LogP contribution in [0.2, 0.25) is 0 Å². The summed E-state index contributed by atoms with van der Waals surface area (Å²) in [4.78, 5) is 16.6. The van der Waals surface area contributed by atoms with Gasteiger partial charge in [-0.1, -0.05) is 30.3 Å². The Bertz CT molecular complexity index is 793. The highest BCUT2D eigenvalue weighted by Crippen LogP contribution is 2.16. The molecular weight excluding hydrogens is 276 g/mol. The summed E-state index contributed by atoms with van der Waals surface area (Å²) in [6.07, 6.45) is 3.35. The lowest BCUT2D eigenvalue weighted by molar-refractivity contribution is 0.0950. The minimum absolute atomic E-state index is 0.129. The average molecular weight is 294 g/mol. The van der Waals surface area contributed by atoms with E-state index in [9.17, 15) is 4.79 Å². The first-order chi connectivity index (χ1) is 10.6. The third kappa shape index (κ3) is 2.83. The Morgan fingerprint density at radius 2 is 2.00 bits per heavy atom. The Balaban J connectivity index is 1.77. The Kier molecular flexibility index (Phi) is 3.87. The number of fused-ring (bicyclic) bond motifs is 1. The molecule has 0 aliphatic rings. The predicted octanol–water partition coefficient (Wildman–Crippen LogP) is 2.94. The third-order valence-electron chi connectivity index (χ3n) is 3.48. The number of carbonyl (C=O) groups is 1. The van der Waals surface area contributed by atoms with E-state index in [1.807, 2.05) is 41.1 Å². The van der Waals surface area contributed by atoms with Crippen LogP contribution in [-0.2, 0) is 6.54 Å². The van der Waals surface area contributed by atoms with Crippen molar-refractivity contribution < 1.29 is 4.79 Å². The second-order valence-corrected chi connectivity index (χ2v) is 5.49. The van der Waals surface area contributed by atoms with Gasteiger partial charge in [0.25, 0.3) is 5.91 Å². The number of pyridine rings is 1. The summed E-state index contributed by atoms with van der Waals surface area (Å²) in [5.74, 6) is -0.129. The van der Waals surface area contributed by atoms with Crippen molar-refractivity contribution in [2.24, 2.45) is 0 Å². The maximum Gasteiger partial charge on any atom is 0.253 e. The minimum Gasteiger partial charge on any atom is -0.348 e. The number of amides is 1. The zero-order chi connectivity index (χ0) is 15.5. The molecule has 5 heteroatoms. The van der Waals surface area contributed by atoms with Crippen LogP contribution in [0.25, 0.3) is 11.0 Å². The molecule has 1 N–H and O–H groups in total. The SMILES string of the molecule is CC(C)n1ncc2cc(C(=O)NCc3ccccc3)cnc21. The number of nitrogens with one attached hydrogen (secondary N) is 1. The molecule has 5 nitrogen and oxygen atoms in total. The zero-order valence-electron chi connectivity index (χ0n) is 12.7. The number of rotatable bonds is 4. The van der Waals surface area contributed by atoms with Gasteiger partial charge in [-0.05, 0) is 25.5 Å². The summed E-state index contributed by atoms with van der Waals surface area (Å²) in [6, 6.07) is 11.9. The van der Waals surface area contributed by atoms with E-state index in [2.05, 4.69) is 29.2 Å². The summed E-state index contributed by atoms with van der Waals surface area (Å²) in [5.41, 5.74) is 2.42. The first-order valence-electron chi connectivity index (χ1n) is 7.30. The van der Waals surface area contributed by atoms with Gasteiger partial charge in [-0.2, -0.15) is 5.10 Å². The van der Waals surface area contributed by atoms with Crippen molar-refractivity contribution in [3.8, 4) is 0 Å². The number of hydrogen-bond acceptors (Lipinski definition) is 3. The Labute approximate surface area is 129 Å². The van der Waals surface area contributed by atoms with Crippen LogP contribution in [0, 0.1) is 0 Å². The molecule has 1 amide bonds. The van der Waals surface area contributed by atoms with Crippen LogP contribution in [0.5, 0.6) is 0 Å². The molecule has 2 aromatic heterocycles. The molecule has 0 spiro atoms. The Morgan fingerprint density at radius 1 is 1.23 bits per heavy atom. The van der Waals surface area contributed by atoms with E-state index >= 15 is 0 Å². The molecule has 0 bridgehead atoms. The number of carbonyl (C=O) groups excluding carboxylic acids is 1. The summed E-state index contributed by atoms with van der Waals surface area (Å²) in [6.45, 7) is 4.60. The van der Waals surface area contributed by atoms with Gasteiger partial charge >= 0.3 is 0 Å². The van der Waals surface area contributed by atoms with Gasteiger partial charge in [0.2, 0.25) is 0 Å². The zero-order valence-corrected chi connectivity index (χ0v) is 12.7. The lowest BCUT2D eigenvalue weighted by Gasteiger charge is -2.07. The molecular formula is C17H18N4O. The van der Waals surface area contributed by atoms with Gasteiger partial charge in [0, 0.05) is 24.2 Å². The van der Waals surface area contributed by atoms with Gasteiger partial charge in [0.15, 0.2) is 5.65 Å². The first kappa shape index (κ1) is 14.3. The van der Waals surface area contributed by atoms with Crippen molar-refractivity contribution in [2.75, 3.05) is 0 Å². The quantitative estimate of drug-likeness (QED) is 0.805. The molecule has 0 unspecified atom stereocenters. The first-order valence-corrected chi connectivity index (χ1v) is 7.30. The van der Waals surface area contributed by atoms with Gasteiger partial charge in [0.05, 0.1) is 11.8 Å². The maximum atomic E-state index is 12.2. The molecule has 3 aromatic rings. The van der Waals surface area contributed by atoms with Crippen LogP contribution in [0.1, 0.15) is 35.8 Å². The smallest absolute Gasteiger partial charge is 0.253 e. The Morgan fingerprint density at radius 3 is 2.73 bits per heavy atom. The Hall–Kier alpha value is -2.69. The molecule has 0 radical (unpaired) electrons. The largest absolute Gasteiger partial charge is 0.348 e. The van der Waals surface area contributed by atoms with E-state index in [4.69, 9.17) is 0 Å². The standard InChI is InChI=1S/C17H18N4O/c1-12(2)21-16-14(11-20-21)8-15(10-18-16)17(22)19-9-13-6-4-3-5-7-13/h3-8,10-12H,9H2,1-2H3,(H,19,22). The molecule has 1 aromatic carbocycles. The second kappa shape index (κ2) is 5.97. The van der Waals surface area contributed by atoms with Crippen molar-refractivity contribution in [2.45, 2.75) is 26.4 Å². The van der Waals surface area contributed by atoms with Crippen molar-refractivity contribution in [3.63, 3.8) is 0 Å². The molecule has 2 heterocycles. The third-order valence-corrected chi connectivity index (χ3v) is 3.48. The summed E-state index contributed by atoms with van der Waals surface area (Å²) < 4.78 is 1.85. The molecule has 0 saturated carbocycles. The van der Waals surface area contributed by atoms with E-state index in [-0.39, 0.29) is 11.9 Å². The molecule has 112 valence electrons. The van der Waals surface area contributed by atoms with E-state index in [1.54, 1.807) is 12.4 Å². The predicted molar refractivity (Wildman–Crippen MR) is 85.5 cm³/mol. The van der Waals surface area contributed by atoms with Crippen molar-refractivity contribution in [3.05, 3.63) is 59.9 Å². The van der Waals surface area contributed by atoms with Crippen molar-refractivity contribution in [1.29, 1.82) is 0 Å². The molecule has 0 aliphatic carbocycles. The molecule has 3 rings (SSSR count). The van der Waals surface area contributed by atoms with Gasteiger partial charge in [-0.3, -0.25) is 4.79 Å². The van der Waals surface area contributed by atoms with E-state index in [0.29, 0.717) is 12.1 Å². The van der Waals surface area contributed by atoms with Crippen LogP contribution in [0.4, 0.5) is 0 Å². The number of hydrogen-bond donors (Lipinski definition) is 1. The fraction of sp³-hybridized carbons (Fsp3) is 0.235. The number of benzene rings is 1. The summed E-state index contributed by atoms with van der Waals surface area (Å²) >= 11 is 0. The lowest BCUT2D eigenvalue weighted by Crippen LogP contribution is -2.22. The number of aromatic nitrogens is 3. The normalized spacial score (nSPS) is 11.0. The molecule has 22 heavy (non-hydrogen) atoms. The highest BCUT2D eigenvalue weighted by molar-refractivity contribution is 5.96. The fourth-order valence-corrected chi connectivity index (χ4v) is 2.32. The van der Waals surface area contributed by atoms with Crippen LogP contribution < -0.4 is 5.32 Å². The lowest BCUT2D eigenvalue weighted by atomic mass is 10.2. The maximum absolute atomic E-state index is 12.2. The van der Waals surface area contributed by atoms with Crippen LogP contribution in [0.15, 0.2) is 48.8 Å². The highest BCUT2D eigenvalue weighted by atomic mass is 16.1. The summed E-state index contributed by atoms with van der Waals surface area (Å²) in [7, 11) is 0. The topological polar surface area (TPSA) is 59.8 Å². The van der Waals surface area contributed by atoms with E-state index in [0.717, 1.165) is 16.6 Å². The summed E-state index contributed by atoms with van der Waals surface area (Å²) in [5, 5.41) is 8.09. The molecule has 0 fully saturated rings. The minimum atomic E-state index is -0.129. The van der Waals surface area contributed by atoms with E-state index in [1.165, 1.54) is 0 Å². The van der Waals surface area contributed by atoms with E-state index < -0.39 is 0 Å². The molecule has 0 atom stereocenters. The number of nitrogens with zero attached hydrogens (tertiary/aromatic N) is 3. The molecule has 0 aliphatic heterocycles. The average Bonchev–Trinajstić information content (AvgIpc) is 2.97. The monoisotopic (exact) mass is 294 g/mol. The van der Waals surface area contributed by atoms with Gasteiger partial charge in [-0.15, -0.1) is 0 Å². The fourth-order valence-electron chi connectivity index (χ4n) is 2.32. The van der Waals surface area contributed by atoms with Gasteiger partial charge in [0.1, 0.15) is 0 Å². The highest BCUT2D eigenvalue weighted by Gasteiger charge is 2.11. The van der Waals surface area contributed by atoms with Crippen molar-refractivity contribution >= 4 is 16.9 Å². The van der Waals surface area contributed by atoms with Crippen LogP contribution in [0.3, 0.4) is 0 Å². The molecule has 0 saturated heterocycles. The van der Waals surface area contributed by atoms with Crippen LogP contribution in [-0.4, -0.2) is 20.7 Å². The van der Waals surface area contributed by atoms with Crippen molar-refractivity contribution in [1.82, 2.24) is 20.1 Å². The van der Waals surface area contributed by atoms with Gasteiger partial charge in [-0.25, -0.2) is 9.67 Å². The van der Waals surface area contributed by atoms with Gasteiger partial charge < -0.3 is 5.32 Å². The second-order valence-electron chi connectivity index (χ2n) is 5.49. The van der Waals surface area contributed by atoms with Crippen LogP contribution >= 0.6 is 0 Å².